The van der Waals surface area contributed by atoms with Crippen molar-refractivity contribution in [3.05, 3.63) is 47.0 Å². The molecular formula is C21H21NO4. The summed E-state index contributed by atoms with van der Waals surface area (Å²) in [6.45, 7) is 4.69. The zero-order valence-corrected chi connectivity index (χ0v) is 14.9. The van der Waals surface area contributed by atoms with Gasteiger partial charge in [0.15, 0.2) is 11.5 Å². The van der Waals surface area contributed by atoms with Crippen LogP contribution in [0.25, 0.3) is 11.1 Å². The number of carbonyl (C=O) groups is 1. The van der Waals surface area contributed by atoms with E-state index in [2.05, 4.69) is 29.2 Å². The summed E-state index contributed by atoms with van der Waals surface area (Å²) in [5.74, 6) is 0.153. The van der Waals surface area contributed by atoms with E-state index in [1.807, 2.05) is 19.9 Å². The molecule has 26 heavy (non-hydrogen) atoms. The van der Waals surface area contributed by atoms with E-state index in [1.165, 1.54) is 16.7 Å². The first-order valence-electron chi connectivity index (χ1n) is 9.05. The molecule has 134 valence electrons. The van der Waals surface area contributed by atoms with Crippen molar-refractivity contribution in [2.45, 2.75) is 38.5 Å². The average Bonchev–Trinajstić information content (AvgIpc) is 2.90. The summed E-state index contributed by atoms with van der Waals surface area (Å²) in [5.41, 5.74) is 6.03. The van der Waals surface area contributed by atoms with Crippen LogP contribution in [0.15, 0.2) is 30.3 Å². The first-order chi connectivity index (χ1) is 12.4. The zero-order chi connectivity index (χ0) is 18.1. The molecule has 5 nitrogen and oxygen atoms in total. The van der Waals surface area contributed by atoms with E-state index < -0.39 is 11.8 Å². The third kappa shape index (κ3) is 2.23. The molecule has 1 aliphatic carbocycles. The lowest BCUT2D eigenvalue weighted by Gasteiger charge is -2.41. The minimum Gasteiger partial charge on any atom is -0.480 e. The molecule has 0 aromatic heterocycles. The van der Waals surface area contributed by atoms with Gasteiger partial charge in [0.2, 0.25) is 5.79 Å². The van der Waals surface area contributed by atoms with Crippen molar-refractivity contribution in [2.24, 2.45) is 0 Å². The Morgan fingerprint density at radius 3 is 2.88 bits per heavy atom. The molecule has 0 fully saturated rings. The van der Waals surface area contributed by atoms with Crippen molar-refractivity contribution in [2.75, 3.05) is 13.1 Å². The first kappa shape index (κ1) is 15.7. The number of aliphatic carboxylic acids is 1. The standard InChI is InChI=1S/C21H21NO4/c1-21(2)25-16-7-6-13-10-15-18-12(8-9-22(15)11-17(23)24)4-3-5-14(18)19(13)20(16)26-21/h3-7,15H,8-11H2,1-2H3,(H,23,24). The van der Waals surface area contributed by atoms with Gasteiger partial charge in [-0.25, -0.2) is 0 Å². The predicted molar refractivity (Wildman–Crippen MR) is 96.6 cm³/mol. The van der Waals surface area contributed by atoms with E-state index in [1.54, 1.807) is 0 Å². The van der Waals surface area contributed by atoms with Gasteiger partial charge in [0.05, 0.1) is 6.54 Å². The molecule has 2 aromatic carbocycles. The number of hydrogen-bond donors (Lipinski definition) is 1. The first-order valence-corrected chi connectivity index (χ1v) is 9.05. The molecule has 3 aliphatic rings. The van der Waals surface area contributed by atoms with Gasteiger partial charge in [-0.3, -0.25) is 9.69 Å². The smallest absolute Gasteiger partial charge is 0.317 e. The van der Waals surface area contributed by atoms with E-state index in [9.17, 15) is 9.90 Å². The third-order valence-corrected chi connectivity index (χ3v) is 5.57. The van der Waals surface area contributed by atoms with Crippen molar-refractivity contribution in [3.8, 4) is 22.6 Å². The monoisotopic (exact) mass is 351 g/mol. The van der Waals surface area contributed by atoms with Crippen LogP contribution >= 0.6 is 0 Å². The normalized spacial score (nSPS) is 21.8. The topological polar surface area (TPSA) is 59.0 Å². The Balaban J connectivity index is 1.69. The van der Waals surface area contributed by atoms with Crippen molar-refractivity contribution in [3.63, 3.8) is 0 Å². The third-order valence-electron chi connectivity index (χ3n) is 5.57. The van der Waals surface area contributed by atoms with E-state index in [-0.39, 0.29) is 12.6 Å². The predicted octanol–water partition coefficient (Wildman–Crippen LogP) is 3.40. The molecule has 1 unspecified atom stereocenters. The molecule has 0 saturated carbocycles. The summed E-state index contributed by atoms with van der Waals surface area (Å²) >= 11 is 0. The number of carboxylic acid groups (broad SMARTS) is 1. The van der Waals surface area contributed by atoms with Gasteiger partial charge in [0.25, 0.3) is 0 Å². The van der Waals surface area contributed by atoms with E-state index in [0.717, 1.165) is 42.0 Å². The van der Waals surface area contributed by atoms with Gasteiger partial charge < -0.3 is 14.6 Å². The molecule has 0 radical (unpaired) electrons. The molecule has 2 aliphatic heterocycles. The Morgan fingerprint density at radius 1 is 1.23 bits per heavy atom. The highest BCUT2D eigenvalue weighted by molar-refractivity contribution is 5.83. The summed E-state index contributed by atoms with van der Waals surface area (Å²) in [6.07, 6.45) is 1.67. The highest BCUT2D eigenvalue weighted by Gasteiger charge is 2.40. The number of ether oxygens (including phenoxy) is 2. The second-order valence-corrected chi connectivity index (χ2v) is 7.74. The van der Waals surface area contributed by atoms with Gasteiger partial charge in [0, 0.05) is 32.0 Å². The highest BCUT2D eigenvalue weighted by Crippen LogP contribution is 2.53. The molecule has 0 spiro atoms. The Kier molecular flexibility index (Phi) is 3.16. The van der Waals surface area contributed by atoms with Gasteiger partial charge >= 0.3 is 5.97 Å². The quantitative estimate of drug-likeness (QED) is 0.899. The van der Waals surface area contributed by atoms with Gasteiger partial charge in [-0.15, -0.1) is 0 Å². The van der Waals surface area contributed by atoms with Crippen molar-refractivity contribution in [1.29, 1.82) is 0 Å². The molecule has 0 saturated heterocycles. The Bertz CT molecular complexity index is 934. The fourth-order valence-corrected chi connectivity index (χ4v) is 4.63. The minimum absolute atomic E-state index is 0.0748. The molecule has 1 atom stereocenters. The lowest BCUT2D eigenvalue weighted by atomic mass is 9.76. The fraction of sp³-hybridized carbons (Fsp3) is 0.381. The van der Waals surface area contributed by atoms with Crippen LogP contribution in [0.2, 0.25) is 0 Å². The van der Waals surface area contributed by atoms with Crippen LogP contribution in [0.4, 0.5) is 0 Å². The minimum atomic E-state index is -0.774. The lowest BCUT2D eigenvalue weighted by molar-refractivity contribution is -0.139. The van der Waals surface area contributed by atoms with Crippen LogP contribution < -0.4 is 9.47 Å². The maximum absolute atomic E-state index is 11.3. The van der Waals surface area contributed by atoms with Gasteiger partial charge in [0.1, 0.15) is 0 Å². The van der Waals surface area contributed by atoms with Crippen LogP contribution in [0.1, 0.15) is 36.6 Å². The van der Waals surface area contributed by atoms with Crippen LogP contribution in [0, 0.1) is 0 Å². The molecule has 5 heteroatoms. The highest BCUT2D eigenvalue weighted by atomic mass is 16.7. The Morgan fingerprint density at radius 2 is 2.08 bits per heavy atom. The van der Waals surface area contributed by atoms with Crippen molar-refractivity contribution >= 4 is 5.97 Å². The number of nitrogens with zero attached hydrogens (tertiary/aromatic N) is 1. The second kappa shape index (κ2) is 5.24. The molecule has 0 bridgehead atoms. The zero-order valence-electron chi connectivity index (χ0n) is 14.9. The maximum Gasteiger partial charge on any atom is 0.317 e. The summed E-state index contributed by atoms with van der Waals surface area (Å²) in [6, 6.07) is 10.6. The molecule has 0 amide bonds. The largest absolute Gasteiger partial charge is 0.480 e. The maximum atomic E-state index is 11.3. The fourth-order valence-electron chi connectivity index (χ4n) is 4.63. The second-order valence-electron chi connectivity index (χ2n) is 7.74. The van der Waals surface area contributed by atoms with Crippen molar-refractivity contribution < 1.29 is 19.4 Å². The molecule has 2 heterocycles. The molecular weight excluding hydrogens is 330 g/mol. The number of fused-ring (bicyclic) bond motifs is 4. The summed E-state index contributed by atoms with van der Waals surface area (Å²) in [4.78, 5) is 13.4. The Labute approximate surface area is 152 Å². The lowest BCUT2D eigenvalue weighted by Crippen LogP contribution is -2.41. The number of rotatable bonds is 2. The molecule has 5 rings (SSSR count). The van der Waals surface area contributed by atoms with Crippen LogP contribution in [-0.2, 0) is 17.6 Å². The van der Waals surface area contributed by atoms with E-state index in [0.29, 0.717) is 0 Å². The summed E-state index contributed by atoms with van der Waals surface area (Å²) < 4.78 is 12.1. The van der Waals surface area contributed by atoms with Gasteiger partial charge in [-0.1, -0.05) is 24.3 Å². The van der Waals surface area contributed by atoms with Gasteiger partial charge in [-0.05, 0) is 41.2 Å². The number of carboxylic acids is 1. The van der Waals surface area contributed by atoms with Crippen LogP contribution in [0.5, 0.6) is 11.5 Å². The number of hydrogen-bond acceptors (Lipinski definition) is 4. The van der Waals surface area contributed by atoms with Gasteiger partial charge in [-0.2, -0.15) is 0 Å². The van der Waals surface area contributed by atoms with E-state index >= 15 is 0 Å². The number of benzene rings is 2. The molecule has 2 aromatic rings. The summed E-state index contributed by atoms with van der Waals surface area (Å²) in [5, 5.41) is 9.32. The van der Waals surface area contributed by atoms with Crippen LogP contribution in [0.3, 0.4) is 0 Å². The average molecular weight is 351 g/mol. The Hall–Kier alpha value is -2.53. The molecule has 1 N–H and O–H groups in total. The van der Waals surface area contributed by atoms with Crippen LogP contribution in [-0.4, -0.2) is 34.9 Å². The van der Waals surface area contributed by atoms with E-state index in [4.69, 9.17) is 9.47 Å². The SMILES string of the molecule is CC1(C)Oc2ccc3c(c2O1)-c1cccc2c1C(C3)N(CC(=O)O)CC2. The summed E-state index contributed by atoms with van der Waals surface area (Å²) in [7, 11) is 0. The van der Waals surface area contributed by atoms with Crippen molar-refractivity contribution in [1.82, 2.24) is 4.90 Å².